The number of ether oxygens (including phenoxy) is 1. The van der Waals surface area contributed by atoms with E-state index in [1.165, 1.54) is 7.11 Å². The Labute approximate surface area is 267 Å². The van der Waals surface area contributed by atoms with Crippen LogP contribution in [0.4, 0.5) is 17.1 Å². The Morgan fingerprint density at radius 2 is 1.57 bits per heavy atom. The van der Waals surface area contributed by atoms with Crippen molar-refractivity contribution in [1.82, 2.24) is 0 Å². The average Bonchev–Trinajstić information content (AvgIpc) is 2.98. The number of hydrogen-bond acceptors (Lipinski definition) is 6. The molecule has 0 aromatic heterocycles. The van der Waals surface area contributed by atoms with Crippen molar-refractivity contribution in [3.8, 4) is 0 Å². The third-order valence-electron chi connectivity index (χ3n) is 7.23. The van der Waals surface area contributed by atoms with Crippen LogP contribution >= 0.6 is 23.2 Å². The molecule has 1 atom stereocenters. The minimum absolute atomic E-state index is 0.0611. The maximum atomic E-state index is 12.9. The van der Waals surface area contributed by atoms with Crippen LogP contribution in [-0.4, -0.2) is 45.2 Å². The molecule has 0 aliphatic heterocycles. The molecule has 0 spiro atoms. The number of nitrogens with two attached hydrogens (primary N) is 1. The summed E-state index contributed by atoms with van der Waals surface area (Å²) in [6.45, 7) is 0. The average molecular weight is 661 g/mol. The van der Waals surface area contributed by atoms with E-state index in [-0.39, 0.29) is 39.7 Å². The summed E-state index contributed by atoms with van der Waals surface area (Å²) < 4.78 is 33.4. The molecule has 1 fully saturated rings. The van der Waals surface area contributed by atoms with Gasteiger partial charge in [0, 0.05) is 12.1 Å². The van der Waals surface area contributed by atoms with Gasteiger partial charge in [0.15, 0.2) is 12.0 Å². The number of hydrogen-bond donors (Lipinski definition) is 4. The molecule has 1 amide bonds. The van der Waals surface area contributed by atoms with Crippen LogP contribution in [0.1, 0.15) is 48.0 Å². The number of sulfonamides is 1. The molecular weight excluding hydrogens is 625 g/mol. The number of rotatable bonds is 11. The Morgan fingerprint density at radius 3 is 2.20 bits per heavy atom. The zero-order valence-electron chi connectivity index (χ0n) is 24.2. The topological polar surface area (TPSA) is 152 Å². The van der Waals surface area contributed by atoms with Gasteiger partial charge in [0.25, 0.3) is 5.91 Å². The molecule has 1 saturated carbocycles. The van der Waals surface area contributed by atoms with Crippen molar-refractivity contribution >= 4 is 68.1 Å². The molecule has 5 N–H and O–H groups in total. The standard InChI is InChI=1S/C31H35Cl2N5O5S/c1-43-30(40)27(18-20-14-16-22(17-15-20)35-29(39)28-23(32)10-7-11-24(28)33)37-31(34)36-25-12-5-6-13-26(25)38-44(41,42)19-21-8-3-2-4-9-21/h5-7,10-17,21,27,38H,2-4,8-9,18-19H2,1H3,(H,35,39)(H3,34,36,37)/t27-/m0/s1. The first-order chi connectivity index (χ1) is 21.0. The minimum atomic E-state index is -3.59. The predicted octanol–water partition coefficient (Wildman–Crippen LogP) is 6.08. The minimum Gasteiger partial charge on any atom is -0.467 e. The smallest absolute Gasteiger partial charge is 0.331 e. The monoisotopic (exact) mass is 659 g/mol. The van der Waals surface area contributed by atoms with E-state index in [2.05, 4.69) is 20.3 Å². The van der Waals surface area contributed by atoms with Crippen molar-refractivity contribution in [2.45, 2.75) is 44.6 Å². The van der Waals surface area contributed by atoms with Gasteiger partial charge in [0.2, 0.25) is 10.0 Å². The lowest BCUT2D eigenvalue weighted by atomic mass is 9.91. The molecule has 3 aromatic carbocycles. The summed E-state index contributed by atoms with van der Waals surface area (Å²) in [5.41, 5.74) is 8.28. The number of carbonyl (C=O) groups is 2. The molecule has 1 aliphatic rings. The van der Waals surface area contributed by atoms with Gasteiger partial charge in [-0.3, -0.25) is 9.52 Å². The van der Waals surface area contributed by atoms with Crippen LogP contribution in [0.25, 0.3) is 0 Å². The summed E-state index contributed by atoms with van der Waals surface area (Å²) in [7, 11) is -2.34. The maximum Gasteiger partial charge on any atom is 0.331 e. The number of para-hydroxylation sites is 2. The summed E-state index contributed by atoms with van der Waals surface area (Å²) in [5, 5.41) is 6.13. The number of nitrogens with zero attached hydrogens (tertiary/aromatic N) is 1. The second-order valence-electron chi connectivity index (χ2n) is 10.6. The fraction of sp³-hybridized carbons (Fsp3) is 0.323. The normalized spacial score (nSPS) is 14.8. The van der Waals surface area contributed by atoms with Crippen molar-refractivity contribution in [2.75, 3.05) is 28.2 Å². The quantitative estimate of drug-likeness (QED) is 0.111. The van der Waals surface area contributed by atoms with Crippen molar-refractivity contribution in [3.63, 3.8) is 0 Å². The first kappa shape index (κ1) is 33.1. The summed E-state index contributed by atoms with van der Waals surface area (Å²) >= 11 is 12.3. The second kappa shape index (κ2) is 15.3. The lowest BCUT2D eigenvalue weighted by Gasteiger charge is -2.22. The lowest BCUT2D eigenvalue weighted by molar-refractivity contribution is -0.142. The van der Waals surface area contributed by atoms with Gasteiger partial charge in [-0.15, -0.1) is 0 Å². The summed E-state index contributed by atoms with van der Waals surface area (Å²) in [6, 6.07) is 17.4. The van der Waals surface area contributed by atoms with Crippen molar-refractivity contribution in [2.24, 2.45) is 16.6 Å². The third kappa shape index (κ3) is 9.35. The molecule has 0 unspecified atom stereocenters. The van der Waals surface area contributed by atoms with E-state index in [4.69, 9.17) is 33.7 Å². The highest BCUT2D eigenvalue weighted by molar-refractivity contribution is 7.92. The summed E-state index contributed by atoms with van der Waals surface area (Å²) in [4.78, 5) is 29.6. The van der Waals surface area contributed by atoms with Crippen molar-refractivity contribution < 1.29 is 22.7 Å². The van der Waals surface area contributed by atoms with Crippen molar-refractivity contribution in [1.29, 1.82) is 0 Å². The molecular formula is C31H35Cl2N5O5S. The summed E-state index contributed by atoms with van der Waals surface area (Å²) in [6.07, 6.45) is 5.20. The fourth-order valence-corrected chi connectivity index (χ4v) is 7.19. The summed E-state index contributed by atoms with van der Waals surface area (Å²) in [5.74, 6) is -0.964. The molecule has 10 nitrogen and oxygen atoms in total. The van der Waals surface area contributed by atoms with E-state index in [0.29, 0.717) is 17.1 Å². The highest BCUT2D eigenvalue weighted by Crippen LogP contribution is 2.28. The Morgan fingerprint density at radius 1 is 0.932 bits per heavy atom. The maximum absolute atomic E-state index is 12.9. The van der Waals surface area contributed by atoms with Gasteiger partial charge in [-0.2, -0.15) is 0 Å². The number of halogens is 2. The molecule has 0 heterocycles. The molecule has 13 heteroatoms. The third-order valence-corrected chi connectivity index (χ3v) is 9.31. The van der Waals surface area contributed by atoms with E-state index in [0.717, 1.165) is 37.7 Å². The molecule has 44 heavy (non-hydrogen) atoms. The number of anilines is 3. The lowest BCUT2D eigenvalue weighted by Crippen LogP contribution is -2.31. The Bertz CT molecular complexity index is 1590. The van der Waals surface area contributed by atoms with Crippen LogP contribution in [-0.2, 0) is 26.0 Å². The second-order valence-corrected chi connectivity index (χ2v) is 13.1. The number of esters is 1. The van der Waals surface area contributed by atoms with E-state index < -0.39 is 27.9 Å². The Hall–Kier alpha value is -3.80. The molecule has 0 saturated heterocycles. The number of carbonyl (C=O) groups excluding carboxylic acids is 2. The Kier molecular flexibility index (Phi) is 11.5. The fourth-order valence-electron chi connectivity index (χ4n) is 5.07. The van der Waals surface area contributed by atoms with Crippen LogP contribution in [0.3, 0.4) is 0 Å². The number of methoxy groups -OCH3 is 1. The largest absolute Gasteiger partial charge is 0.467 e. The van der Waals surface area contributed by atoms with Crippen LogP contribution in [0.15, 0.2) is 71.7 Å². The van der Waals surface area contributed by atoms with E-state index in [9.17, 15) is 18.0 Å². The van der Waals surface area contributed by atoms with Gasteiger partial charge < -0.3 is 21.1 Å². The Balaban J connectivity index is 1.43. The van der Waals surface area contributed by atoms with Gasteiger partial charge in [0.05, 0.1) is 39.8 Å². The molecule has 0 bridgehead atoms. The molecule has 3 aromatic rings. The van der Waals surface area contributed by atoms with Crippen LogP contribution in [0, 0.1) is 5.92 Å². The number of amides is 1. The first-order valence-corrected chi connectivity index (χ1v) is 16.6. The molecule has 0 radical (unpaired) electrons. The molecule has 234 valence electrons. The predicted molar refractivity (Wildman–Crippen MR) is 176 cm³/mol. The number of aliphatic imine (C=N–C) groups is 1. The number of nitrogens with one attached hydrogen (secondary N) is 3. The van der Waals surface area contributed by atoms with Gasteiger partial charge >= 0.3 is 5.97 Å². The zero-order valence-corrected chi connectivity index (χ0v) is 26.5. The van der Waals surface area contributed by atoms with E-state index in [1.807, 2.05) is 0 Å². The van der Waals surface area contributed by atoms with E-state index >= 15 is 0 Å². The van der Waals surface area contributed by atoms with E-state index in [1.54, 1.807) is 66.7 Å². The van der Waals surface area contributed by atoms with Crippen molar-refractivity contribution in [3.05, 3.63) is 87.9 Å². The van der Waals surface area contributed by atoms with Gasteiger partial charge in [-0.25, -0.2) is 18.2 Å². The van der Waals surface area contributed by atoms with Gasteiger partial charge in [-0.1, -0.05) is 72.8 Å². The number of benzene rings is 3. The first-order valence-electron chi connectivity index (χ1n) is 14.2. The van der Waals surface area contributed by atoms with Crippen LogP contribution < -0.4 is 21.1 Å². The van der Waals surface area contributed by atoms with Gasteiger partial charge in [0.1, 0.15) is 0 Å². The molecule has 1 aliphatic carbocycles. The highest BCUT2D eigenvalue weighted by Gasteiger charge is 2.23. The van der Waals surface area contributed by atoms with Gasteiger partial charge in [-0.05, 0) is 60.7 Å². The zero-order chi connectivity index (χ0) is 31.7. The molecule has 4 rings (SSSR count). The highest BCUT2D eigenvalue weighted by atomic mass is 35.5. The SMILES string of the molecule is COC(=O)[C@H](Cc1ccc(NC(=O)c2c(Cl)cccc2Cl)cc1)N=C(N)Nc1ccccc1NS(=O)(=O)CC1CCCCC1. The number of guanidine groups is 1. The van der Waals surface area contributed by atoms with Crippen LogP contribution in [0.5, 0.6) is 0 Å². The van der Waals surface area contributed by atoms with Crippen LogP contribution in [0.2, 0.25) is 10.0 Å².